The van der Waals surface area contributed by atoms with Gasteiger partial charge in [0.15, 0.2) is 0 Å². The van der Waals surface area contributed by atoms with E-state index in [-0.39, 0.29) is 30.0 Å². The predicted molar refractivity (Wildman–Crippen MR) is 76.3 cm³/mol. The Hall–Kier alpha value is -1.73. The number of carbonyl (C=O) groups is 1. The number of likely N-dealkylation sites (tertiary alicyclic amines) is 1. The first kappa shape index (κ1) is 14.2. The molecule has 7 nitrogen and oxygen atoms in total. The van der Waals surface area contributed by atoms with Gasteiger partial charge in [-0.2, -0.15) is 5.10 Å². The standard InChI is InChI=1S/C14H21N5O2/c1-9-13(10(2)17-16-9)14(20)19-7-5-11(8-19)21-12-4-3-6-15-18-12/h3-4,6,9-11,13,16-17H,5,7-8H2,1-2H3. The van der Waals surface area contributed by atoms with Gasteiger partial charge in [-0.3, -0.25) is 15.6 Å². The maximum atomic E-state index is 12.6. The Labute approximate surface area is 124 Å². The van der Waals surface area contributed by atoms with Crippen LogP contribution in [0.3, 0.4) is 0 Å². The number of hydrazine groups is 1. The molecule has 21 heavy (non-hydrogen) atoms. The van der Waals surface area contributed by atoms with Crippen LogP contribution in [0.25, 0.3) is 0 Å². The number of hydrogen-bond donors (Lipinski definition) is 2. The molecule has 2 aliphatic rings. The Balaban J connectivity index is 1.58. The van der Waals surface area contributed by atoms with Crippen molar-refractivity contribution in [3.63, 3.8) is 0 Å². The molecular formula is C14H21N5O2. The van der Waals surface area contributed by atoms with Crippen molar-refractivity contribution in [2.75, 3.05) is 13.1 Å². The molecule has 3 atom stereocenters. The number of amides is 1. The molecule has 0 saturated carbocycles. The molecule has 2 N–H and O–H groups in total. The summed E-state index contributed by atoms with van der Waals surface area (Å²) < 4.78 is 5.77. The van der Waals surface area contributed by atoms with Gasteiger partial charge in [-0.05, 0) is 19.9 Å². The second-order valence-corrected chi connectivity index (χ2v) is 5.77. The Morgan fingerprint density at radius 2 is 2.14 bits per heavy atom. The summed E-state index contributed by atoms with van der Waals surface area (Å²) in [4.78, 5) is 14.5. The van der Waals surface area contributed by atoms with Gasteiger partial charge in [-0.25, -0.2) is 0 Å². The van der Waals surface area contributed by atoms with E-state index in [9.17, 15) is 4.79 Å². The number of rotatable bonds is 3. The van der Waals surface area contributed by atoms with Gasteiger partial charge in [-0.1, -0.05) is 0 Å². The number of nitrogens with one attached hydrogen (secondary N) is 2. The lowest BCUT2D eigenvalue weighted by atomic mass is 9.95. The lowest BCUT2D eigenvalue weighted by Gasteiger charge is -2.24. The highest BCUT2D eigenvalue weighted by Crippen LogP contribution is 2.22. The fraction of sp³-hybridized carbons (Fsp3) is 0.643. The zero-order chi connectivity index (χ0) is 14.8. The van der Waals surface area contributed by atoms with Crippen LogP contribution in [0, 0.1) is 5.92 Å². The van der Waals surface area contributed by atoms with Crippen LogP contribution in [-0.2, 0) is 4.79 Å². The first-order chi connectivity index (χ1) is 10.1. The van der Waals surface area contributed by atoms with E-state index in [1.807, 2.05) is 18.7 Å². The van der Waals surface area contributed by atoms with E-state index in [1.54, 1.807) is 18.3 Å². The van der Waals surface area contributed by atoms with Crippen molar-refractivity contribution in [2.24, 2.45) is 5.92 Å². The first-order valence-corrected chi connectivity index (χ1v) is 7.39. The molecule has 2 saturated heterocycles. The van der Waals surface area contributed by atoms with Crippen molar-refractivity contribution in [1.29, 1.82) is 0 Å². The van der Waals surface area contributed by atoms with Gasteiger partial charge in [0.05, 0.1) is 12.5 Å². The third-order valence-electron chi connectivity index (χ3n) is 4.19. The van der Waals surface area contributed by atoms with Crippen LogP contribution in [0.15, 0.2) is 18.3 Å². The van der Waals surface area contributed by atoms with Crippen LogP contribution in [0.1, 0.15) is 20.3 Å². The quantitative estimate of drug-likeness (QED) is 0.813. The summed E-state index contributed by atoms with van der Waals surface area (Å²) in [5, 5.41) is 7.71. The lowest BCUT2D eigenvalue weighted by molar-refractivity contribution is -0.135. The van der Waals surface area contributed by atoms with Crippen LogP contribution < -0.4 is 15.6 Å². The molecule has 2 fully saturated rings. The Morgan fingerprint density at radius 3 is 2.81 bits per heavy atom. The van der Waals surface area contributed by atoms with Gasteiger partial charge in [0, 0.05) is 37.3 Å². The van der Waals surface area contributed by atoms with Crippen LogP contribution in [0.2, 0.25) is 0 Å². The zero-order valence-corrected chi connectivity index (χ0v) is 12.3. The van der Waals surface area contributed by atoms with Crippen molar-refractivity contribution in [1.82, 2.24) is 25.9 Å². The van der Waals surface area contributed by atoms with Gasteiger partial charge >= 0.3 is 0 Å². The molecule has 3 rings (SSSR count). The molecule has 0 aliphatic carbocycles. The molecular weight excluding hydrogens is 270 g/mol. The maximum Gasteiger partial charge on any atom is 0.233 e. The zero-order valence-electron chi connectivity index (χ0n) is 12.3. The van der Waals surface area contributed by atoms with E-state index in [0.717, 1.165) is 13.0 Å². The number of nitrogens with zero attached hydrogens (tertiary/aromatic N) is 3. The van der Waals surface area contributed by atoms with Crippen LogP contribution >= 0.6 is 0 Å². The first-order valence-electron chi connectivity index (χ1n) is 7.39. The van der Waals surface area contributed by atoms with Gasteiger partial charge in [0.2, 0.25) is 11.8 Å². The minimum absolute atomic E-state index is 0.00131. The molecule has 1 amide bonds. The van der Waals surface area contributed by atoms with Gasteiger partial charge in [-0.15, -0.1) is 5.10 Å². The second kappa shape index (κ2) is 5.95. The van der Waals surface area contributed by atoms with Gasteiger partial charge in [0.1, 0.15) is 6.10 Å². The van der Waals surface area contributed by atoms with Gasteiger partial charge < -0.3 is 9.64 Å². The summed E-state index contributed by atoms with van der Waals surface area (Å²) in [5.74, 6) is 0.681. The van der Waals surface area contributed by atoms with Crippen LogP contribution in [-0.4, -0.2) is 52.3 Å². The van der Waals surface area contributed by atoms with Crippen molar-refractivity contribution in [3.8, 4) is 5.88 Å². The fourth-order valence-electron chi connectivity index (χ4n) is 3.06. The minimum atomic E-state index is -0.0275. The second-order valence-electron chi connectivity index (χ2n) is 5.77. The third kappa shape index (κ3) is 2.98. The SMILES string of the molecule is CC1NNC(C)C1C(=O)N1CCC(Oc2cccnn2)C1. The molecule has 3 unspecified atom stereocenters. The average Bonchev–Trinajstić information content (AvgIpc) is 3.07. The number of hydrogen-bond acceptors (Lipinski definition) is 6. The van der Waals surface area contributed by atoms with Crippen molar-refractivity contribution in [2.45, 2.75) is 38.5 Å². The number of carbonyl (C=O) groups excluding carboxylic acids is 1. The monoisotopic (exact) mass is 291 g/mol. The number of aromatic nitrogens is 2. The number of ether oxygens (including phenoxy) is 1. The highest BCUT2D eigenvalue weighted by atomic mass is 16.5. The molecule has 3 heterocycles. The molecule has 7 heteroatoms. The van der Waals surface area contributed by atoms with E-state index in [1.165, 1.54) is 0 Å². The molecule has 1 aromatic heterocycles. The summed E-state index contributed by atoms with van der Waals surface area (Å²) in [7, 11) is 0. The minimum Gasteiger partial charge on any atom is -0.471 e. The van der Waals surface area contributed by atoms with Crippen LogP contribution in [0.4, 0.5) is 0 Å². The predicted octanol–water partition coefficient (Wildman–Crippen LogP) is -0.0427. The molecule has 1 aromatic rings. The van der Waals surface area contributed by atoms with E-state index in [4.69, 9.17) is 4.74 Å². The highest BCUT2D eigenvalue weighted by molar-refractivity contribution is 5.81. The molecule has 0 radical (unpaired) electrons. The summed E-state index contributed by atoms with van der Waals surface area (Å²) in [6, 6.07) is 3.87. The average molecular weight is 291 g/mol. The summed E-state index contributed by atoms with van der Waals surface area (Å²) in [5.41, 5.74) is 6.26. The Morgan fingerprint density at radius 1 is 1.38 bits per heavy atom. The van der Waals surface area contributed by atoms with E-state index < -0.39 is 0 Å². The molecule has 0 aromatic carbocycles. The topological polar surface area (TPSA) is 79.4 Å². The summed E-state index contributed by atoms with van der Waals surface area (Å²) in [6.07, 6.45) is 2.44. The molecule has 0 spiro atoms. The smallest absolute Gasteiger partial charge is 0.233 e. The lowest BCUT2D eigenvalue weighted by Crippen LogP contribution is -2.42. The highest BCUT2D eigenvalue weighted by Gasteiger charge is 2.40. The van der Waals surface area contributed by atoms with E-state index >= 15 is 0 Å². The van der Waals surface area contributed by atoms with Crippen molar-refractivity contribution in [3.05, 3.63) is 18.3 Å². The molecule has 0 bridgehead atoms. The molecule has 2 aliphatic heterocycles. The summed E-state index contributed by atoms with van der Waals surface area (Å²) >= 11 is 0. The normalized spacial score (nSPS) is 32.4. The van der Waals surface area contributed by atoms with E-state index in [0.29, 0.717) is 12.4 Å². The van der Waals surface area contributed by atoms with Gasteiger partial charge in [0.25, 0.3) is 0 Å². The van der Waals surface area contributed by atoms with Crippen LogP contribution in [0.5, 0.6) is 5.88 Å². The summed E-state index contributed by atoms with van der Waals surface area (Å²) in [6.45, 7) is 5.41. The Kier molecular flexibility index (Phi) is 4.03. The molecule has 114 valence electrons. The maximum absolute atomic E-state index is 12.6. The van der Waals surface area contributed by atoms with E-state index in [2.05, 4.69) is 21.0 Å². The Bertz CT molecular complexity index is 487. The van der Waals surface area contributed by atoms with Crippen molar-refractivity contribution < 1.29 is 9.53 Å². The van der Waals surface area contributed by atoms with Crippen molar-refractivity contribution >= 4 is 5.91 Å². The fourth-order valence-corrected chi connectivity index (χ4v) is 3.06. The third-order valence-corrected chi connectivity index (χ3v) is 4.19. The largest absolute Gasteiger partial charge is 0.471 e.